The summed E-state index contributed by atoms with van der Waals surface area (Å²) in [5, 5.41) is 0.248. The molecule has 22 heavy (non-hydrogen) atoms. The molecule has 0 aliphatic heterocycles. The highest BCUT2D eigenvalue weighted by Crippen LogP contribution is 2.39. The van der Waals surface area contributed by atoms with Crippen molar-refractivity contribution in [2.75, 3.05) is 7.11 Å². The van der Waals surface area contributed by atoms with E-state index in [0.717, 1.165) is 6.07 Å². The summed E-state index contributed by atoms with van der Waals surface area (Å²) in [5.74, 6) is -0.310. The van der Waals surface area contributed by atoms with E-state index in [0.29, 0.717) is 5.56 Å². The van der Waals surface area contributed by atoms with Gasteiger partial charge in [0.2, 0.25) is 5.88 Å². The summed E-state index contributed by atoms with van der Waals surface area (Å²) < 4.78 is 46.9. The molecule has 2 aromatic rings. The highest BCUT2D eigenvalue weighted by Gasteiger charge is 2.32. The minimum atomic E-state index is -4.85. The average Bonchev–Trinajstić information content (AvgIpc) is 2.45. The molecule has 0 aliphatic carbocycles. The van der Waals surface area contributed by atoms with Gasteiger partial charge in [-0.15, -0.1) is 19.7 Å². The monoisotopic (exact) mass is 331 g/mol. The van der Waals surface area contributed by atoms with E-state index in [4.69, 9.17) is 22.1 Å². The van der Waals surface area contributed by atoms with Gasteiger partial charge in [-0.2, -0.15) is 0 Å². The Morgan fingerprint density at radius 2 is 1.95 bits per heavy atom. The highest BCUT2D eigenvalue weighted by atomic mass is 35.5. The molecule has 2 rings (SSSR count). The van der Waals surface area contributed by atoms with Crippen molar-refractivity contribution in [2.24, 2.45) is 0 Å². The van der Waals surface area contributed by atoms with Gasteiger partial charge in [0.05, 0.1) is 12.1 Å². The summed E-state index contributed by atoms with van der Waals surface area (Å²) in [4.78, 5) is 3.93. The van der Waals surface area contributed by atoms with Crippen LogP contribution in [0.5, 0.6) is 11.6 Å². The zero-order valence-electron chi connectivity index (χ0n) is 11.4. The summed E-state index contributed by atoms with van der Waals surface area (Å²) in [6.45, 7) is -0.167. The van der Waals surface area contributed by atoms with Crippen LogP contribution >= 0.6 is 11.6 Å². The summed E-state index contributed by atoms with van der Waals surface area (Å²) in [5.41, 5.74) is 8.05. The Morgan fingerprint density at radius 1 is 1.23 bits per heavy atom. The molecule has 8 heteroatoms. The molecule has 0 aliphatic rings. The van der Waals surface area contributed by atoms with Gasteiger partial charge in [-0.3, -0.25) is 0 Å². The van der Waals surface area contributed by atoms with Crippen LogP contribution in [-0.2, 0) is 6.54 Å². The maximum Gasteiger partial charge on any atom is 0.573 e. The molecule has 0 fully saturated rings. The van der Waals surface area contributed by atoms with Crippen molar-refractivity contribution >= 4 is 11.6 Å². The van der Waals surface area contributed by atoms with Crippen LogP contribution < -0.4 is 9.47 Å². The number of pyridine rings is 1. The van der Waals surface area contributed by atoms with Crippen LogP contribution in [0.1, 0.15) is 5.56 Å². The Balaban J connectivity index is 2.61. The van der Waals surface area contributed by atoms with E-state index in [-0.39, 0.29) is 28.6 Å². The van der Waals surface area contributed by atoms with Gasteiger partial charge in [-0.05, 0) is 12.1 Å². The topological polar surface area (TPSA) is 55.2 Å². The molecule has 4 nitrogen and oxygen atoms in total. The third-order valence-corrected chi connectivity index (χ3v) is 2.98. The Bertz CT molecular complexity index is 678. The van der Waals surface area contributed by atoms with Crippen LogP contribution in [0, 0.1) is 0 Å². The summed E-state index contributed by atoms with van der Waals surface area (Å²) in [6.07, 6.45) is -3.53. The minimum absolute atomic E-state index is 0.120. The van der Waals surface area contributed by atoms with Gasteiger partial charge in [0, 0.05) is 17.3 Å². The summed E-state index contributed by atoms with van der Waals surface area (Å²) in [7, 11) is 1.35. The first-order chi connectivity index (χ1) is 10.3. The SMILES string of the molecule is COc1ncc(Cl)cc1-c1ccc(C[NH-])cc1OC(F)(F)F. The van der Waals surface area contributed by atoms with Crippen LogP contribution in [0.2, 0.25) is 5.02 Å². The second-order valence-corrected chi connectivity index (χ2v) is 4.70. The van der Waals surface area contributed by atoms with Crippen molar-refractivity contribution in [2.45, 2.75) is 12.9 Å². The molecular formula is C14H11ClF3N2O2-. The number of nitrogens with one attached hydrogen (secondary N) is 1. The first-order valence-corrected chi connectivity index (χ1v) is 6.45. The number of methoxy groups -OCH3 is 1. The lowest BCUT2D eigenvalue weighted by Crippen LogP contribution is -2.17. The highest BCUT2D eigenvalue weighted by molar-refractivity contribution is 6.30. The number of ether oxygens (including phenoxy) is 2. The van der Waals surface area contributed by atoms with Gasteiger partial charge in [0.1, 0.15) is 5.75 Å². The number of hydrogen-bond acceptors (Lipinski definition) is 3. The van der Waals surface area contributed by atoms with E-state index in [9.17, 15) is 13.2 Å². The lowest BCUT2D eigenvalue weighted by molar-refractivity contribution is -0.274. The van der Waals surface area contributed by atoms with Gasteiger partial charge in [0.25, 0.3) is 0 Å². The minimum Gasteiger partial charge on any atom is -0.674 e. The zero-order valence-corrected chi connectivity index (χ0v) is 12.1. The number of aromatic nitrogens is 1. The number of nitrogens with zero attached hydrogens (tertiary/aromatic N) is 1. The number of alkyl halides is 3. The van der Waals surface area contributed by atoms with Gasteiger partial charge >= 0.3 is 6.36 Å². The van der Waals surface area contributed by atoms with E-state index in [2.05, 4.69) is 9.72 Å². The van der Waals surface area contributed by atoms with E-state index < -0.39 is 12.1 Å². The maximum atomic E-state index is 12.6. The summed E-state index contributed by atoms with van der Waals surface area (Å²) >= 11 is 5.86. The Hall–Kier alpha value is -1.99. The molecular weight excluding hydrogens is 321 g/mol. The molecule has 1 aromatic carbocycles. The quantitative estimate of drug-likeness (QED) is 0.803. The van der Waals surface area contributed by atoms with Crippen LogP contribution in [-0.4, -0.2) is 18.5 Å². The van der Waals surface area contributed by atoms with Crippen molar-refractivity contribution in [1.82, 2.24) is 4.98 Å². The number of hydrogen-bond donors (Lipinski definition) is 0. The molecule has 118 valence electrons. The molecule has 0 radical (unpaired) electrons. The predicted molar refractivity (Wildman–Crippen MR) is 75.9 cm³/mol. The average molecular weight is 332 g/mol. The number of rotatable bonds is 4. The molecule has 0 bridgehead atoms. The second kappa shape index (κ2) is 6.41. The standard InChI is InChI=1S/C14H11ClF3N2O2/c1-21-13-11(5-9(15)7-20-13)10-3-2-8(6-19)4-12(10)22-14(16,17)18/h2-5,7,19H,6H2,1H3/q-1. The molecule has 0 saturated heterocycles. The van der Waals surface area contributed by atoms with Crippen molar-refractivity contribution in [3.63, 3.8) is 0 Å². The third-order valence-electron chi connectivity index (χ3n) is 2.78. The zero-order chi connectivity index (χ0) is 16.3. The van der Waals surface area contributed by atoms with Crippen molar-refractivity contribution in [3.05, 3.63) is 46.8 Å². The smallest absolute Gasteiger partial charge is 0.573 e. The first kappa shape index (κ1) is 16.4. The fourth-order valence-corrected chi connectivity index (χ4v) is 2.05. The Morgan fingerprint density at radius 3 is 2.55 bits per heavy atom. The summed E-state index contributed by atoms with van der Waals surface area (Å²) in [6, 6.07) is 5.55. The van der Waals surface area contributed by atoms with Gasteiger partial charge < -0.3 is 15.2 Å². The molecule has 0 unspecified atom stereocenters. The third kappa shape index (κ3) is 3.80. The van der Waals surface area contributed by atoms with Crippen LogP contribution in [0.15, 0.2) is 30.5 Å². The molecule has 1 heterocycles. The Labute approximate surface area is 129 Å². The molecule has 1 aromatic heterocycles. The molecule has 1 N–H and O–H groups in total. The fourth-order valence-electron chi connectivity index (χ4n) is 1.89. The van der Waals surface area contributed by atoms with Crippen molar-refractivity contribution < 1.29 is 22.6 Å². The van der Waals surface area contributed by atoms with E-state index in [1.54, 1.807) is 0 Å². The van der Waals surface area contributed by atoms with E-state index in [1.165, 1.54) is 31.5 Å². The van der Waals surface area contributed by atoms with Crippen molar-refractivity contribution in [1.29, 1.82) is 0 Å². The lowest BCUT2D eigenvalue weighted by Gasteiger charge is -2.16. The second-order valence-electron chi connectivity index (χ2n) is 4.27. The van der Waals surface area contributed by atoms with E-state index in [1.807, 2.05) is 0 Å². The van der Waals surface area contributed by atoms with Gasteiger partial charge in [-0.25, -0.2) is 4.98 Å². The number of halogens is 4. The fraction of sp³-hybridized carbons (Fsp3) is 0.214. The largest absolute Gasteiger partial charge is 0.674 e. The molecule has 0 spiro atoms. The Kier molecular flexibility index (Phi) is 4.77. The van der Waals surface area contributed by atoms with Crippen molar-refractivity contribution in [3.8, 4) is 22.8 Å². The first-order valence-electron chi connectivity index (χ1n) is 6.07. The predicted octanol–water partition coefficient (Wildman–Crippen LogP) is 4.86. The number of benzene rings is 1. The maximum absolute atomic E-state index is 12.6. The van der Waals surface area contributed by atoms with E-state index >= 15 is 0 Å². The lowest BCUT2D eigenvalue weighted by atomic mass is 10.0. The molecule has 0 atom stereocenters. The molecule has 0 amide bonds. The van der Waals surface area contributed by atoms with Crippen LogP contribution in [0.25, 0.3) is 16.9 Å². The van der Waals surface area contributed by atoms with Crippen LogP contribution in [0.3, 0.4) is 0 Å². The molecule has 0 saturated carbocycles. The van der Waals surface area contributed by atoms with Gasteiger partial charge in [-0.1, -0.05) is 29.3 Å². The van der Waals surface area contributed by atoms with Crippen LogP contribution in [0.4, 0.5) is 13.2 Å². The van der Waals surface area contributed by atoms with Gasteiger partial charge in [0.15, 0.2) is 0 Å². The normalized spacial score (nSPS) is 11.4.